The van der Waals surface area contributed by atoms with Crippen LogP contribution < -0.4 is 10.1 Å². The van der Waals surface area contributed by atoms with E-state index in [-0.39, 0.29) is 5.91 Å². The van der Waals surface area contributed by atoms with E-state index in [4.69, 9.17) is 27.9 Å². The SMILES string of the molecule is O=C(Nc1ccc(Oc2ccc(Cl)cn2)c(Cl)c1)c1ccccn1. The average molecular weight is 360 g/mol. The molecule has 1 amide bonds. The number of hydrogen-bond donors (Lipinski definition) is 1. The molecule has 0 radical (unpaired) electrons. The number of carbonyl (C=O) groups is 1. The number of pyridine rings is 2. The molecule has 1 aromatic carbocycles. The summed E-state index contributed by atoms with van der Waals surface area (Å²) in [5.74, 6) is 0.466. The molecule has 5 nitrogen and oxygen atoms in total. The van der Waals surface area contributed by atoms with Crippen LogP contribution in [0.4, 0.5) is 5.69 Å². The van der Waals surface area contributed by atoms with Gasteiger partial charge >= 0.3 is 0 Å². The van der Waals surface area contributed by atoms with Gasteiger partial charge in [-0.05, 0) is 36.4 Å². The number of nitrogens with zero attached hydrogens (tertiary/aromatic N) is 2. The van der Waals surface area contributed by atoms with Crippen LogP contribution >= 0.6 is 23.2 Å². The Hall–Kier alpha value is -2.63. The lowest BCUT2D eigenvalue weighted by Crippen LogP contribution is -2.13. The van der Waals surface area contributed by atoms with E-state index in [1.165, 1.54) is 6.20 Å². The average Bonchev–Trinajstić information content (AvgIpc) is 2.60. The maximum atomic E-state index is 12.1. The van der Waals surface area contributed by atoms with E-state index in [1.54, 1.807) is 54.7 Å². The third kappa shape index (κ3) is 4.01. The minimum absolute atomic E-state index is 0.319. The Bertz CT molecular complexity index is 855. The van der Waals surface area contributed by atoms with Crippen molar-refractivity contribution in [2.24, 2.45) is 0 Å². The van der Waals surface area contributed by atoms with Crippen LogP contribution in [0.1, 0.15) is 10.5 Å². The minimum atomic E-state index is -0.320. The predicted octanol–water partition coefficient (Wildman–Crippen LogP) is 4.83. The van der Waals surface area contributed by atoms with Crippen LogP contribution in [0.25, 0.3) is 0 Å². The fourth-order valence-electron chi connectivity index (χ4n) is 1.89. The summed E-state index contributed by atoms with van der Waals surface area (Å²) in [6.45, 7) is 0. The molecular formula is C17H11Cl2N3O2. The molecule has 0 unspecified atom stereocenters. The second-order valence-electron chi connectivity index (χ2n) is 4.73. The van der Waals surface area contributed by atoms with Crippen LogP contribution in [0.5, 0.6) is 11.6 Å². The molecule has 0 spiro atoms. The summed E-state index contributed by atoms with van der Waals surface area (Å²) in [5, 5.41) is 3.58. The molecule has 24 heavy (non-hydrogen) atoms. The molecule has 7 heteroatoms. The summed E-state index contributed by atoms with van der Waals surface area (Å²) < 4.78 is 5.58. The number of nitrogens with one attached hydrogen (secondary N) is 1. The molecule has 0 aliphatic heterocycles. The van der Waals surface area contributed by atoms with Gasteiger partial charge in [-0.3, -0.25) is 9.78 Å². The Morgan fingerprint density at radius 2 is 1.92 bits per heavy atom. The Balaban J connectivity index is 1.72. The highest BCUT2D eigenvalue weighted by atomic mass is 35.5. The van der Waals surface area contributed by atoms with Gasteiger partial charge in [-0.25, -0.2) is 4.98 Å². The summed E-state index contributed by atoms with van der Waals surface area (Å²) in [7, 11) is 0. The molecular weight excluding hydrogens is 349 g/mol. The van der Waals surface area contributed by atoms with E-state index >= 15 is 0 Å². The van der Waals surface area contributed by atoms with Gasteiger partial charge in [-0.2, -0.15) is 0 Å². The fraction of sp³-hybridized carbons (Fsp3) is 0. The zero-order chi connectivity index (χ0) is 16.9. The number of anilines is 1. The number of halogens is 2. The summed E-state index contributed by atoms with van der Waals surface area (Å²) in [6, 6.07) is 13.3. The van der Waals surface area contributed by atoms with Gasteiger partial charge in [0, 0.05) is 24.1 Å². The van der Waals surface area contributed by atoms with Crippen molar-refractivity contribution in [2.75, 3.05) is 5.32 Å². The van der Waals surface area contributed by atoms with E-state index in [0.29, 0.717) is 33.1 Å². The van der Waals surface area contributed by atoms with Gasteiger partial charge in [0.1, 0.15) is 11.4 Å². The molecule has 3 aromatic rings. The summed E-state index contributed by atoms with van der Waals surface area (Å²) >= 11 is 12.0. The normalized spacial score (nSPS) is 10.2. The second-order valence-corrected chi connectivity index (χ2v) is 5.57. The Morgan fingerprint density at radius 3 is 2.58 bits per heavy atom. The molecule has 0 bridgehead atoms. The van der Waals surface area contributed by atoms with E-state index in [2.05, 4.69) is 15.3 Å². The van der Waals surface area contributed by atoms with Gasteiger partial charge < -0.3 is 10.1 Å². The van der Waals surface area contributed by atoms with Gasteiger partial charge in [-0.1, -0.05) is 29.3 Å². The standard InChI is InChI=1S/C17H11Cl2N3O2/c18-11-4-7-16(21-10-11)24-15-6-5-12(9-13(15)19)22-17(23)14-3-1-2-8-20-14/h1-10H,(H,22,23). The third-order valence-electron chi connectivity index (χ3n) is 3.00. The van der Waals surface area contributed by atoms with Crippen molar-refractivity contribution in [3.63, 3.8) is 0 Å². The van der Waals surface area contributed by atoms with Crippen LogP contribution in [0.3, 0.4) is 0 Å². The van der Waals surface area contributed by atoms with Crippen LogP contribution in [0, 0.1) is 0 Å². The Kier molecular flexibility index (Phi) is 4.93. The van der Waals surface area contributed by atoms with Crippen molar-refractivity contribution in [1.29, 1.82) is 0 Å². The Labute approximate surface area is 148 Å². The second kappa shape index (κ2) is 7.29. The molecule has 0 saturated heterocycles. The number of amides is 1. The van der Waals surface area contributed by atoms with Gasteiger partial charge in [0.2, 0.25) is 5.88 Å². The molecule has 0 saturated carbocycles. The lowest BCUT2D eigenvalue weighted by Gasteiger charge is -2.09. The molecule has 0 aliphatic carbocycles. The largest absolute Gasteiger partial charge is 0.437 e. The van der Waals surface area contributed by atoms with Crippen molar-refractivity contribution >= 4 is 34.8 Å². The van der Waals surface area contributed by atoms with Gasteiger partial charge in [0.05, 0.1) is 10.0 Å². The maximum Gasteiger partial charge on any atom is 0.274 e. The van der Waals surface area contributed by atoms with E-state index in [1.807, 2.05) is 0 Å². The van der Waals surface area contributed by atoms with E-state index in [0.717, 1.165) is 0 Å². The highest BCUT2D eigenvalue weighted by Crippen LogP contribution is 2.31. The summed E-state index contributed by atoms with van der Waals surface area (Å²) in [4.78, 5) is 20.1. The quantitative estimate of drug-likeness (QED) is 0.724. The van der Waals surface area contributed by atoms with Crippen molar-refractivity contribution in [1.82, 2.24) is 9.97 Å². The monoisotopic (exact) mass is 359 g/mol. The van der Waals surface area contributed by atoms with Gasteiger partial charge in [0.25, 0.3) is 5.91 Å². The Morgan fingerprint density at radius 1 is 1.04 bits per heavy atom. The number of ether oxygens (including phenoxy) is 1. The first-order valence-electron chi connectivity index (χ1n) is 6.93. The van der Waals surface area contributed by atoms with Gasteiger partial charge in [0.15, 0.2) is 0 Å². The van der Waals surface area contributed by atoms with E-state index in [9.17, 15) is 4.79 Å². The highest BCUT2D eigenvalue weighted by Gasteiger charge is 2.10. The lowest BCUT2D eigenvalue weighted by molar-refractivity contribution is 0.102. The van der Waals surface area contributed by atoms with Crippen molar-refractivity contribution in [3.8, 4) is 11.6 Å². The zero-order valence-electron chi connectivity index (χ0n) is 12.2. The van der Waals surface area contributed by atoms with Gasteiger partial charge in [-0.15, -0.1) is 0 Å². The molecule has 2 aromatic heterocycles. The number of carbonyl (C=O) groups excluding carboxylic acids is 1. The topological polar surface area (TPSA) is 64.1 Å². The molecule has 2 heterocycles. The lowest BCUT2D eigenvalue weighted by atomic mass is 10.2. The molecule has 3 rings (SSSR count). The van der Waals surface area contributed by atoms with Crippen LogP contribution in [-0.2, 0) is 0 Å². The number of benzene rings is 1. The van der Waals surface area contributed by atoms with Crippen LogP contribution in [0.15, 0.2) is 60.9 Å². The number of hydrogen-bond acceptors (Lipinski definition) is 4. The first kappa shape index (κ1) is 16.2. The van der Waals surface area contributed by atoms with Crippen LogP contribution in [0.2, 0.25) is 10.0 Å². The van der Waals surface area contributed by atoms with Crippen molar-refractivity contribution < 1.29 is 9.53 Å². The molecule has 0 fully saturated rings. The van der Waals surface area contributed by atoms with Crippen molar-refractivity contribution in [2.45, 2.75) is 0 Å². The first-order valence-corrected chi connectivity index (χ1v) is 7.69. The minimum Gasteiger partial charge on any atom is -0.437 e. The fourth-order valence-corrected chi connectivity index (χ4v) is 2.22. The smallest absolute Gasteiger partial charge is 0.274 e. The van der Waals surface area contributed by atoms with Crippen LogP contribution in [-0.4, -0.2) is 15.9 Å². The first-order chi connectivity index (χ1) is 11.6. The number of aromatic nitrogens is 2. The zero-order valence-corrected chi connectivity index (χ0v) is 13.8. The number of rotatable bonds is 4. The third-order valence-corrected chi connectivity index (χ3v) is 3.52. The summed E-state index contributed by atoms with van der Waals surface area (Å²) in [6.07, 6.45) is 3.03. The summed E-state index contributed by atoms with van der Waals surface area (Å²) in [5.41, 5.74) is 0.853. The van der Waals surface area contributed by atoms with Crippen molar-refractivity contribution in [3.05, 3.63) is 76.7 Å². The highest BCUT2D eigenvalue weighted by molar-refractivity contribution is 6.32. The molecule has 1 N–H and O–H groups in total. The molecule has 0 atom stereocenters. The molecule has 0 aliphatic rings. The molecule has 120 valence electrons. The van der Waals surface area contributed by atoms with E-state index < -0.39 is 0 Å². The maximum absolute atomic E-state index is 12.1. The predicted molar refractivity (Wildman–Crippen MR) is 93.0 cm³/mol.